The van der Waals surface area contributed by atoms with E-state index in [9.17, 15) is 0 Å². The lowest BCUT2D eigenvalue weighted by Crippen LogP contribution is -1.93. The highest BCUT2D eigenvalue weighted by Crippen LogP contribution is 2.32. The van der Waals surface area contributed by atoms with Crippen molar-refractivity contribution < 1.29 is 9.47 Å². The topological polar surface area (TPSA) is 54.6 Å². The maximum Gasteiger partial charge on any atom is 0.136 e. The first kappa shape index (κ1) is 15.1. The first-order chi connectivity index (χ1) is 10.2. The molecule has 0 bridgehead atoms. The van der Waals surface area contributed by atoms with Crippen molar-refractivity contribution >= 4 is 27.8 Å². The van der Waals surface area contributed by atoms with E-state index < -0.39 is 0 Å². The fraction of sp³-hybridized carbons (Fsp3) is 0.125. The van der Waals surface area contributed by atoms with Gasteiger partial charge in [-0.2, -0.15) is 5.26 Å². The van der Waals surface area contributed by atoms with Crippen LogP contribution in [0.15, 0.2) is 45.9 Å². The van der Waals surface area contributed by atoms with Gasteiger partial charge in [-0.05, 0) is 46.3 Å². The third kappa shape index (κ3) is 3.61. The van der Waals surface area contributed by atoms with E-state index >= 15 is 0 Å². The van der Waals surface area contributed by atoms with Crippen molar-refractivity contribution in [1.29, 1.82) is 5.26 Å². The molecule has 0 amide bonds. The van der Waals surface area contributed by atoms with Gasteiger partial charge in [0.25, 0.3) is 0 Å². The Kier molecular flexibility index (Phi) is 4.96. The highest BCUT2D eigenvalue weighted by Gasteiger charge is 2.07. The SMILES string of the molecule is COc1cc(OC)c(C=Nc2ccc(C#N)cc2)cc1Br. The van der Waals surface area contributed by atoms with Crippen LogP contribution in [-0.2, 0) is 0 Å². The molecule has 0 atom stereocenters. The standard InChI is InChI=1S/C16H13BrN2O2/c1-20-15-8-16(21-2)14(17)7-12(15)10-19-13-5-3-11(9-18)4-6-13/h3-8,10H,1-2H3. The highest BCUT2D eigenvalue weighted by molar-refractivity contribution is 9.10. The molecule has 0 aromatic heterocycles. The van der Waals surface area contributed by atoms with Crippen LogP contribution in [-0.4, -0.2) is 20.4 Å². The Labute approximate surface area is 131 Å². The van der Waals surface area contributed by atoms with Gasteiger partial charge in [0.05, 0.1) is 36.0 Å². The average Bonchev–Trinajstić information content (AvgIpc) is 2.53. The number of nitriles is 1. The summed E-state index contributed by atoms with van der Waals surface area (Å²) in [6.07, 6.45) is 1.71. The van der Waals surface area contributed by atoms with Gasteiger partial charge in [0.1, 0.15) is 11.5 Å². The van der Waals surface area contributed by atoms with E-state index in [0.717, 1.165) is 15.7 Å². The van der Waals surface area contributed by atoms with Gasteiger partial charge >= 0.3 is 0 Å². The molecule has 0 aliphatic rings. The number of ether oxygens (including phenoxy) is 2. The van der Waals surface area contributed by atoms with E-state index in [1.165, 1.54) is 0 Å². The van der Waals surface area contributed by atoms with Crippen LogP contribution in [0.4, 0.5) is 5.69 Å². The molecule has 0 N–H and O–H groups in total. The molecule has 2 aromatic rings. The normalized spacial score (nSPS) is 10.4. The molecule has 4 nitrogen and oxygen atoms in total. The lowest BCUT2D eigenvalue weighted by atomic mass is 10.2. The molecule has 0 saturated carbocycles. The second-order valence-electron chi connectivity index (χ2n) is 4.15. The van der Waals surface area contributed by atoms with Crippen molar-refractivity contribution in [3.63, 3.8) is 0 Å². The molecule has 5 heteroatoms. The molecule has 0 unspecified atom stereocenters. The van der Waals surface area contributed by atoms with E-state index in [-0.39, 0.29) is 0 Å². The molecule has 2 rings (SSSR count). The minimum absolute atomic E-state index is 0.610. The van der Waals surface area contributed by atoms with Gasteiger partial charge in [0.2, 0.25) is 0 Å². The van der Waals surface area contributed by atoms with E-state index in [0.29, 0.717) is 17.1 Å². The Hall–Kier alpha value is -2.32. The number of hydrogen-bond acceptors (Lipinski definition) is 4. The van der Waals surface area contributed by atoms with Crippen molar-refractivity contribution in [2.24, 2.45) is 4.99 Å². The predicted octanol–water partition coefficient (Wildman–Crippen LogP) is 4.09. The number of hydrogen-bond donors (Lipinski definition) is 0. The van der Waals surface area contributed by atoms with Gasteiger partial charge in [-0.1, -0.05) is 0 Å². The van der Waals surface area contributed by atoms with Crippen molar-refractivity contribution in [2.45, 2.75) is 0 Å². The summed E-state index contributed by atoms with van der Waals surface area (Å²) in [5.74, 6) is 1.37. The van der Waals surface area contributed by atoms with Crippen LogP contribution in [0.5, 0.6) is 11.5 Å². The Morgan fingerprint density at radius 3 is 2.33 bits per heavy atom. The number of benzene rings is 2. The minimum atomic E-state index is 0.610. The fourth-order valence-corrected chi connectivity index (χ4v) is 2.27. The number of nitrogens with zero attached hydrogens (tertiary/aromatic N) is 2. The minimum Gasteiger partial charge on any atom is -0.496 e. The van der Waals surface area contributed by atoms with Crippen molar-refractivity contribution in [1.82, 2.24) is 0 Å². The van der Waals surface area contributed by atoms with Crippen LogP contribution in [0, 0.1) is 11.3 Å². The van der Waals surface area contributed by atoms with E-state index in [1.54, 1.807) is 50.8 Å². The average molecular weight is 345 g/mol. The maximum absolute atomic E-state index is 8.76. The van der Waals surface area contributed by atoms with Gasteiger partial charge in [-0.3, -0.25) is 4.99 Å². The molecule has 106 valence electrons. The molecule has 0 saturated heterocycles. The monoisotopic (exact) mass is 344 g/mol. The second-order valence-corrected chi connectivity index (χ2v) is 5.00. The Balaban J connectivity index is 2.31. The van der Waals surface area contributed by atoms with Crippen molar-refractivity contribution in [3.8, 4) is 17.6 Å². The molecule has 0 radical (unpaired) electrons. The molecule has 0 aliphatic carbocycles. The Morgan fingerprint density at radius 1 is 1.10 bits per heavy atom. The zero-order valence-electron chi connectivity index (χ0n) is 11.6. The second kappa shape index (κ2) is 6.91. The zero-order chi connectivity index (χ0) is 15.2. The van der Waals surface area contributed by atoms with Crippen molar-refractivity contribution in [3.05, 3.63) is 52.0 Å². The van der Waals surface area contributed by atoms with Crippen LogP contribution in [0.25, 0.3) is 0 Å². The lowest BCUT2D eigenvalue weighted by molar-refractivity contribution is 0.392. The summed E-state index contributed by atoms with van der Waals surface area (Å²) in [7, 11) is 3.20. The third-order valence-electron chi connectivity index (χ3n) is 2.85. The van der Waals surface area contributed by atoms with E-state index in [4.69, 9.17) is 14.7 Å². The highest BCUT2D eigenvalue weighted by atomic mass is 79.9. The van der Waals surface area contributed by atoms with Crippen molar-refractivity contribution in [2.75, 3.05) is 14.2 Å². The van der Waals surface area contributed by atoms with E-state index in [1.807, 2.05) is 6.07 Å². The lowest BCUT2D eigenvalue weighted by Gasteiger charge is -2.09. The predicted molar refractivity (Wildman–Crippen MR) is 85.7 cm³/mol. The first-order valence-electron chi connectivity index (χ1n) is 6.13. The number of methoxy groups -OCH3 is 2. The number of rotatable bonds is 4. The summed E-state index contributed by atoms with van der Waals surface area (Å²) in [5, 5.41) is 8.76. The summed E-state index contributed by atoms with van der Waals surface area (Å²) in [6.45, 7) is 0. The number of aliphatic imine (C=N–C) groups is 1. The van der Waals surface area contributed by atoms with Gasteiger partial charge < -0.3 is 9.47 Å². The van der Waals surface area contributed by atoms with Crippen LogP contribution < -0.4 is 9.47 Å². The smallest absolute Gasteiger partial charge is 0.136 e. The van der Waals surface area contributed by atoms with Crippen LogP contribution in [0.2, 0.25) is 0 Å². The molecule has 2 aromatic carbocycles. The summed E-state index contributed by atoms with van der Waals surface area (Å²) in [6, 6.07) is 12.8. The molecule has 0 heterocycles. The van der Waals surface area contributed by atoms with E-state index in [2.05, 4.69) is 27.0 Å². The summed E-state index contributed by atoms with van der Waals surface area (Å²) < 4.78 is 11.4. The Morgan fingerprint density at radius 2 is 1.76 bits per heavy atom. The summed E-state index contributed by atoms with van der Waals surface area (Å²) in [5.41, 5.74) is 2.20. The number of halogens is 1. The molecule has 0 spiro atoms. The summed E-state index contributed by atoms with van der Waals surface area (Å²) >= 11 is 3.44. The molecule has 21 heavy (non-hydrogen) atoms. The first-order valence-corrected chi connectivity index (χ1v) is 6.93. The molecular weight excluding hydrogens is 332 g/mol. The summed E-state index contributed by atoms with van der Waals surface area (Å²) in [4.78, 5) is 4.38. The molecule has 0 fully saturated rings. The van der Waals surface area contributed by atoms with Gasteiger partial charge in [-0.15, -0.1) is 0 Å². The third-order valence-corrected chi connectivity index (χ3v) is 3.47. The van der Waals surface area contributed by atoms with Gasteiger partial charge in [0, 0.05) is 17.8 Å². The molecule has 0 aliphatic heterocycles. The van der Waals surface area contributed by atoms with Crippen LogP contribution in [0.1, 0.15) is 11.1 Å². The van der Waals surface area contributed by atoms with Crippen LogP contribution >= 0.6 is 15.9 Å². The molecular formula is C16H13BrN2O2. The fourth-order valence-electron chi connectivity index (χ4n) is 1.75. The van der Waals surface area contributed by atoms with Gasteiger partial charge in [-0.25, -0.2) is 0 Å². The quantitative estimate of drug-likeness (QED) is 0.785. The largest absolute Gasteiger partial charge is 0.496 e. The zero-order valence-corrected chi connectivity index (χ0v) is 13.2. The maximum atomic E-state index is 8.76. The Bertz CT molecular complexity index is 703. The van der Waals surface area contributed by atoms with Crippen LogP contribution in [0.3, 0.4) is 0 Å². The van der Waals surface area contributed by atoms with Gasteiger partial charge in [0.15, 0.2) is 0 Å².